The van der Waals surface area contributed by atoms with Crippen molar-refractivity contribution in [1.82, 2.24) is 20.9 Å². The van der Waals surface area contributed by atoms with Gasteiger partial charge in [-0.05, 0) is 64.4 Å². The molecular formula is C21H38IN5O. The monoisotopic (exact) mass is 503 g/mol. The average Bonchev–Trinajstić information content (AvgIpc) is 3.17. The number of methoxy groups -OCH3 is 1. The Morgan fingerprint density at radius 1 is 1.18 bits per heavy atom. The lowest BCUT2D eigenvalue weighted by molar-refractivity contribution is 0.245. The number of guanidine groups is 1. The van der Waals surface area contributed by atoms with Crippen LogP contribution in [0.1, 0.15) is 45.2 Å². The molecule has 1 unspecified atom stereocenters. The second-order valence-corrected chi connectivity index (χ2v) is 8.09. The van der Waals surface area contributed by atoms with Gasteiger partial charge in [0.2, 0.25) is 0 Å². The van der Waals surface area contributed by atoms with E-state index in [4.69, 9.17) is 4.74 Å². The Morgan fingerprint density at radius 2 is 1.89 bits per heavy atom. The molecule has 0 amide bonds. The molecule has 0 bridgehead atoms. The molecule has 0 radical (unpaired) electrons. The van der Waals surface area contributed by atoms with Crippen molar-refractivity contribution >= 4 is 29.9 Å². The van der Waals surface area contributed by atoms with E-state index in [9.17, 15) is 0 Å². The van der Waals surface area contributed by atoms with Crippen LogP contribution in [0.2, 0.25) is 0 Å². The van der Waals surface area contributed by atoms with Crippen LogP contribution in [0.3, 0.4) is 0 Å². The minimum absolute atomic E-state index is 0. The Kier molecular flexibility index (Phi) is 11.1. The first-order chi connectivity index (χ1) is 12.9. The summed E-state index contributed by atoms with van der Waals surface area (Å²) in [5, 5.41) is 10.4. The summed E-state index contributed by atoms with van der Waals surface area (Å²) >= 11 is 0. The fourth-order valence-corrected chi connectivity index (χ4v) is 3.39. The van der Waals surface area contributed by atoms with Gasteiger partial charge in [0.25, 0.3) is 0 Å². The van der Waals surface area contributed by atoms with E-state index in [1.54, 1.807) is 7.11 Å². The highest BCUT2D eigenvalue weighted by molar-refractivity contribution is 14.0. The summed E-state index contributed by atoms with van der Waals surface area (Å²) in [5.74, 6) is 1.75. The van der Waals surface area contributed by atoms with Gasteiger partial charge in [-0.1, -0.05) is 12.1 Å². The fourth-order valence-electron chi connectivity index (χ4n) is 3.39. The predicted octanol–water partition coefficient (Wildman–Crippen LogP) is 3.00. The highest BCUT2D eigenvalue weighted by Gasteiger charge is 2.24. The average molecular weight is 503 g/mol. The van der Waals surface area contributed by atoms with Crippen molar-refractivity contribution < 1.29 is 4.74 Å². The molecule has 0 aromatic heterocycles. The topological polar surface area (TPSA) is 60.9 Å². The summed E-state index contributed by atoms with van der Waals surface area (Å²) in [5.41, 5.74) is 1.42. The van der Waals surface area contributed by atoms with Crippen molar-refractivity contribution in [2.24, 2.45) is 4.99 Å². The zero-order valence-corrected chi connectivity index (χ0v) is 20.4. The van der Waals surface area contributed by atoms with E-state index in [1.165, 1.54) is 18.4 Å². The first-order valence-electron chi connectivity index (χ1n) is 10.0. The summed E-state index contributed by atoms with van der Waals surface area (Å²) in [4.78, 5) is 6.92. The zero-order valence-electron chi connectivity index (χ0n) is 18.0. The van der Waals surface area contributed by atoms with Gasteiger partial charge < -0.3 is 20.7 Å². The van der Waals surface area contributed by atoms with Crippen LogP contribution in [-0.4, -0.2) is 63.3 Å². The van der Waals surface area contributed by atoms with Crippen molar-refractivity contribution in [3.63, 3.8) is 0 Å². The molecule has 1 heterocycles. The molecule has 1 aliphatic heterocycles. The van der Waals surface area contributed by atoms with Gasteiger partial charge in [-0.2, -0.15) is 0 Å². The van der Waals surface area contributed by atoms with Crippen LogP contribution in [0, 0.1) is 0 Å². The quantitative estimate of drug-likeness (QED) is 0.221. The van der Waals surface area contributed by atoms with Gasteiger partial charge in [-0.25, -0.2) is 0 Å². The molecule has 7 heteroatoms. The molecule has 28 heavy (non-hydrogen) atoms. The third-order valence-corrected chi connectivity index (χ3v) is 4.82. The van der Waals surface area contributed by atoms with Gasteiger partial charge in [0.1, 0.15) is 5.75 Å². The second-order valence-electron chi connectivity index (χ2n) is 8.09. The molecule has 0 aliphatic carbocycles. The predicted molar refractivity (Wildman–Crippen MR) is 129 cm³/mol. The summed E-state index contributed by atoms with van der Waals surface area (Å²) in [6.07, 6.45) is 2.54. The van der Waals surface area contributed by atoms with Crippen molar-refractivity contribution in [3.8, 4) is 5.75 Å². The van der Waals surface area contributed by atoms with E-state index in [0.717, 1.165) is 44.4 Å². The molecular weight excluding hydrogens is 465 g/mol. The molecule has 6 nitrogen and oxygen atoms in total. The largest absolute Gasteiger partial charge is 0.497 e. The van der Waals surface area contributed by atoms with Crippen molar-refractivity contribution in [2.45, 2.75) is 45.2 Å². The Labute approximate surface area is 187 Å². The number of aliphatic imine (C=N–C) groups is 1. The van der Waals surface area contributed by atoms with Crippen molar-refractivity contribution in [2.75, 3.05) is 46.9 Å². The first kappa shape index (κ1) is 25.0. The van der Waals surface area contributed by atoms with E-state index < -0.39 is 0 Å². The summed E-state index contributed by atoms with van der Waals surface area (Å²) in [6, 6.07) is 8.72. The lowest BCUT2D eigenvalue weighted by Crippen LogP contribution is -2.46. The smallest absolute Gasteiger partial charge is 0.191 e. The van der Waals surface area contributed by atoms with Gasteiger partial charge in [-0.15, -0.1) is 24.0 Å². The Morgan fingerprint density at radius 3 is 2.50 bits per heavy atom. The molecule has 2 rings (SSSR count). The number of nitrogens with zero attached hydrogens (tertiary/aromatic N) is 2. The van der Waals surface area contributed by atoms with E-state index >= 15 is 0 Å². The van der Waals surface area contributed by atoms with E-state index in [-0.39, 0.29) is 29.5 Å². The lowest BCUT2D eigenvalue weighted by Gasteiger charge is -2.29. The van der Waals surface area contributed by atoms with Gasteiger partial charge in [0, 0.05) is 32.2 Å². The number of ether oxygens (including phenoxy) is 1. The van der Waals surface area contributed by atoms with Crippen LogP contribution in [-0.2, 0) is 0 Å². The number of hydrogen-bond donors (Lipinski definition) is 3. The first-order valence-corrected chi connectivity index (χ1v) is 10.0. The van der Waals surface area contributed by atoms with Crippen LogP contribution in [0.4, 0.5) is 0 Å². The van der Waals surface area contributed by atoms with Crippen LogP contribution in [0.15, 0.2) is 29.3 Å². The number of rotatable bonds is 8. The third-order valence-electron chi connectivity index (χ3n) is 4.82. The van der Waals surface area contributed by atoms with Crippen LogP contribution < -0.4 is 20.7 Å². The van der Waals surface area contributed by atoms with Crippen molar-refractivity contribution in [1.29, 1.82) is 0 Å². The molecule has 0 spiro atoms. The number of benzene rings is 1. The molecule has 1 fully saturated rings. The minimum Gasteiger partial charge on any atom is -0.497 e. The second kappa shape index (κ2) is 12.5. The maximum absolute atomic E-state index is 5.43. The SMILES string of the molecule is CN=C(NCCNC(C)(C)C)NCC(c1cccc(OC)c1)N1CCCC1.I. The number of nitrogens with one attached hydrogen (secondary N) is 3. The molecule has 0 saturated carbocycles. The van der Waals surface area contributed by atoms with Gasteiger partial charge in [0.15, 0.2) is 5.96 Å². The van der Waals surface area contributed by atoms with Gasteiger partial charge in [0.05, 0.1) is 13.2 Å². The summed E-state index contributed by atoms with van der Waals surface area (Å²) in [6.45, 7) is 11.4. The normalized spacial score (nSPS) is 16.4. The Hall–Kier alpha value is -1.06. The van der Waals surface area contributed by atoms with E-state index in [2.05, 4.69) is 64.8 Å². The maximum Gasteiger partial charge on any atom is 0.191 e. The van der Waals surface area contributed by atoms with Crippen LogP contribution >= 0.6 is 24.0 Å². The molecule has 1 atom stereocenters. The van der Waals surface area contributed by atoms with Crippen LogP contribution in [0.25, 0.3) is 0 Å². The standard InChI is InChI=1S/C21H37N5O.HI/c1-21(2,3)25-12-11-23-20(22-4)24-16-19(26-13-6-7-14-26)17-9-8-10-18(15-17)27-5;/h8-10,15,19,25H,6-7,11-14,16H2,1-5H3,(H2,22,23,24);1H. The molecule has 1 aromatic carbocycles. The molecule has 1 aromatic rings. The van der Waals surface area contributed by atoms with Gasteiger partial charge >= 0.3 is 0 Å². The van der Waals surface area contributed by atoms with E-state index in [1.807, 2.05) is 13.1 Å². The number of hydrogen-bond acceptors (Lipinski definition) is 4. The third kappa shape index (κ3) is 8.53. The fraction of sp³-hybridized carbons (Fsp3) is 0.667. The Balaban J connectivity index is 0.00000392. The maximum atomic E-state index is 5.43. The zero-order chi connectivity index (χ0) is 19.7. The molecule has 3 N–H and O–H groups in total. The highest BCUT2D eigenvalue weighted by atomic mass is 127. The van der Waals surface area contributed by atoms with E-state index in [0.29, 0.717) is 6.04 Å². The number of likely N-dealkylation sites (tertiary alicyclic amines) is 1. The van der Waals surface area contributed by atoms with Crippen LogP contribution in [0.5, 0.6) is 5.75 Å². The van der Waals surface area contributed by atoms with Crippen molar-refractivity contribution in [3.05, 3.63) is 29.8 Å². The minimum atomic E-state index is 0. The summed E-state index contributed by atoms with van der Waals surface area (Å²) < 4.78 is 5.43. The highest BCUT2D eigenvalue weighted by Crippen LogP contribution is 2.27. The molecule has 1 saturated heterocycles. The number of halogens is 1. The van der Waals surface area contributed by atoms with Gasteiger partial charge in [-0.3, -0.25) is 9.89 Å². The molecule has 1 aliphatic rings. The lowest BCUT2D eigenvalue weighted by atomic mass is 10.1. The summed E-state index contributed by atoms with van der Waals surface area (Å²) in [7, 11) is 3.54. The Bertz CT molecular complexity index is 597. The molecule has 160 valence electrons.